The van der Waals surface area contributed by atoms with Crippen LogP contribution in [0.4, 0.5) is 0 Å². The van der Waals surface area contributed by atoms with Gasteiger partial charge < -0.3 is 15.2 Å². The molecule has 0 rings (SSSR count). The van der Waals surface area contributed by atoms with Crippen LogP contribution in [-0.4, -0.2) is 36.6 Å². The zero-order valence-electron chi connectivity index (χ0n) is 9.49. The van der Waals surface area contributed by atoms with Crippen LogP contribution in [0.15, 0.2) is 11.1 Å². The number of carbonyl (C=O) groups excluding carboxylic acids is 2. The molecule has 6 nitrogen and oxygen atoms in total. The second-order valence-electron chi connectivity index (χ2n) is 3.14. The summed E-state index contributed by atoms with van der Waals surface area (Å²) < 4.78 is 4.38. The lowest BCUT2D eigenvalue weighted by Crippen LogP contribution is -2.28. The van der Waals surface area contributed by atoms with Crippen molar-refractivity contribution in [3.63, 3.8) is 0 Å². The first-order valence-electron chi connectivity index (χ1n) is 4.66. The van der Waals surface area contributed by atoms with E-state index in [2.05, 4.69) is 10.1 Å². The van der Waals surface area contributed by atoms with Gasteiger partial charge >= 0.3 is 11.9 Å². The van der Waals surface area contributed by atoms with Crippen LogP contribution < -0.4 is 5.32 Å². The first-order valence-corrected chi connectivity index (χ1v) is 4.66. The van der Waals surface area contributed by atoms with Crippen molar-refractivity contribution in [2.45, 2.75) is 20.3 Å². The van der Waals surface area contributed by atoms with Crippen LogP contribution in [0.2, 0.25) is 0 Å². The number of amides is 1. The minimum atomic E-state index is -1.14. The lowest BCUT2D eigenvalue weighted by atomic mass is 10.1. The molecule has 0 unspecified atom stereocenters. The fraction of sp³-hybridized carbons (Fsp3) is 0.500. The number of aliphatic carboxylic acids is 1. The highest BCUT2D eigenvalue weighted by Gasteiger charge is 2.12. The number of methoxy groups -OCH3 is 1. The molecule has 0 radical (unpaired) electrons. The normalized spacial score (nSPS) is 11.4. The van der Waals surface area contributed by atoms with Gasteiger partial charge in [-0.25, -0.2) is 4.79 Å². The summed E-state index contributed by atoms with van der Waals surface area (Å²) in [5.41, 5.74) is 0.105. The molecular weight excluding hydrogens is 214 g/mol. The fourth-order valence-electron chi connectivity index (χ4n) is 0.843. The summed E-state index contributed by atoms with van der Waals surface area (Å²) in [6.07, 6.45) is 0.0572. The third kappa shape index (κ3) is 4.59. The topological polar surface area (TPSA) is 92.7 Å². The first-order chi connectivity index (χ1) is 7.40. The summed E-state index contributed by atoms with van der Waals surface area (Å²) in [6.45, 7) is 2.88. The minimum absolute atomic E-state index is 0.0180. The second-order valence-corrected chi connectivity index (χ2v) is 3.14. The largest absolute Gasteiger partial charge is 0.478 e. The van der Waals surface area contributed by atoms with Crippen molar-refractivity contribution in [3.8, 4) is 0 Å². The lowest BCUT2D eigenvalue weighted by molar-refractivity contribution is -0.140. The van der Waals surface area contributed by atoms with Crippen molar-refractivity contribution in [1.82, 2.24) is 5.32 Å². The van der Waals surface area contributed by atoms with Gasteiger partial charge in [-0.15, -0.1) is 0 Å². The molecule has 16 heavy (non-hydrogen) atoms. The van der Waals surface area contributed by atoms with Gasteiger partial charge in [-0.2, -0.15) is 0 Å². The molecule has 0 saturated carbocycles. The Balaban J connectivity index is 4.23. The van der Waals surface area contributed by atoms with Gasteiger partial charge in [-0.3, -0.25) is 9.59 Å². The predicted molar refractivity (Wildman–Crippen MR) is 55.7 cm³/mol. The molecule has 0 aromatic rings. The minimum Gasteiger partial charge on any atom is -0.478 e. The maximum Gasteiger partial charge on any atom is 0.331 e. The Hall–Kier alpha value is -1.85. The number of rotatable bonds is 5. The number of esters is 1. The summed E-state index contributed by atoms with van der Waals surface area (Å²) >= 11 is 0. The number of nitrogens with one attached hydrogen (secondary N) is 1. The van der Waals surface area contributed by atoms with E-state index >= 15 is 0 Å². The van der Waals surface area contributed by atoms with Crippen molar-refractivity contribution in [3.05, 3.63) is 11.1 Å². The van der Waals surface area contributed by atoms with Crippen molar-refractivity contribution in [2.75, 3.05) is 13.7 Å². The molecule has 0 atom stereocenters. The molecule has 0 aliphatic heterocycles. The highest BCUT2D eigenvalue weighted by molar-refractivity contribution is 6.01. The van der Waals surface area contributed by atoms with Gasteiger partial charge in [-0.1, -0.05) is 0 Å². The number of carboxylic acid groups (broad SMARTS) is 1. The van der Waals surface area contributed by atoms with Gasteiger partial charge in [0.15, 0.2) is 0 Å². The van der Waals surface area contributed by atoms with Crippen LogP contribution in [0.1, 0.15) is 20.3 Å². The van der Waals surface area contributed by atoms with Crippen LogP contribution >= 0.6 is 0 Å². The summed E-state index contributed by atoms with van der Waals surface area (Å²) in [5, 5.41) is 11.1. The SMILES string of the molecule is COC(=O)CCNC(=O)C(C)=C(C)C(=O)O. The maximum atomic E-state index is 11.4. The molecule has 0 aliphatic rings. The summed E-state index contributed by atoms with van der Waals surface area (Å²) in [7, 11) is 1.25. The quantitative estimate of drug-likeness (QED) is 0.514. The van der Waals surface area contributed by atoms with Gasteiger partial charge in [0, 0.05) is 17.7 Å². The van der Waals surface area contributed by atoms with Crippen LogP contribution in [0, 0.1) is 0 Å². The molecule has 1 amide bonds. The number of ether oxygens (including phenoxy) is 1. The standard InChI is InChI=1S/C10H15NO5/c1-6(7(2)10(14)15)9(13)11-5-4-8(12)16-3/h4-5H2,1-3H3,(H,11,13)(H,14,15). The monoisotopic (exact) mass is 229 g/mol. The number of carboxylic acids is 1. The van der Waals surface area contributed by atoms with Crippen molar-refractivity contribution in [1.29, 1.82) is 0 Å². The van der Waals surface area contributed by atoms with Gasteiger partial charge in [0.1, 0.15) is 0 Å². The third-order valence-electron chi connectivity index (χ3n) is 2.07. The molecule has 0 bridgehead atoms. The van der Waals surface area contributed by atoms with Crippen LogP contribution in [0.3, 0.4) is 0 Å². The molecule has 0 aliphatic carbocycles. The van der Waals surface area contributed by atoms with Gasteiger partial charge in [0.2, 0.25) is 5.91 Å². The Kier molecular flexibility index (Phi) is 5.84. The van der Waals surface area contributed by atoms with E-state index < -0.39 is 17.8 Å². The van der Waals surface area contributed by atoms with Gasteiger partial charge in [0.05, 0.1) is 13.5 Å². The average Bonchev–Trinajstić information content (AvgIpc) is 2.26. The molecule has 0 fully saturated rings. The first kappa shape index (κ1) is 14.2. The van der Waals surface area contributed by atoms with E-state index in [1.807, 2.05) is 0 Å². The molecule has 90 valence electrons. The molecule has 2 N–H and O–H groups in total. The lowest BCUT2D eigenvalue weighted by Gasteiger charge is -2.05. The molecule has 0 saturated heterocycles. The maximum absolute atomic E-state index is 11.4. The van der Waals surface area contributed by atoms with E-state index in [1.165, 1.54) is 21.0 Å². The van der Waals surface area contributed by atoms with E-state index in [4.69, 9.17) is 5.11 Å². The number of hydrogen-bond acceptors (Lipinski definition) is 4. The molecule has 0 heterocycles. The molecule has 0 aromatic carbocycles. The number of carbonyl (C=O) groups is 3. The second kappa shape index (κ2) is 6.60. The van der Waals surface area contributed by atoms with E-state index in [1.54, 1.807) is 0 Å². The Morgan fingerprint density at radius 1 is 1.19 bits per heavy atom. The Labute approximate surface area is 93.3 Å². The molecule has 0 aromatic heterocycles. The highest BCUT2D eigenvalue weighted by atomic mass is 16.5. The van der Waals surface area contributed by atoms with Crippen molar-refractivity contribution in [2.24, 2.45) is 0 Å². The zero-order valence-corrected chi connectivity index (χ0v) is 9.49. The van der Waals surface area contributed by atoms with Crippen LogP contribution in [0.5, 0.6) is 0 Å². The van der Waals surface area contributed by atoms with Crippen molar-refractivity contribution >= 4 is 17.8 Å². The Morgan fingerprint density at radius 2 is 1.75 bits per heavy atom. The Bertz CT molecular complexity index is 332. The van der Waals surface area contributed by atoms with Crippen molar-refractivity contribution < 1.29 is 24.2 Å². The highest BCUT2D eigenvalue weighted by Crippen LogP contribution is 2.03. The molecule has 0 spiro atoms. The molecular formula is C10H15NO5. The molecule has 6 heteroatoms. The third-order valence-corrected chi connectivity index (χ3v) is 2.07. The Morgan fingerprint density at radius 3 is 2.19 bits per heavy atom. The smallest absolute Gasteiger partial charge is 0.331 e. The number of hydrogen-bond donors (Lipinski definition) is 2. The average molecular weight is 229 g/mol. The zero-order chi connectivity index (χ0) is 12.7. The van der Waals surface area contributed by atoms with Gasteiger partial charge in [-0.05, 0) is 13.8 Å². The summed E-state index contributed by atoms with van der Waals surface area (Å²) in [5.74, 6) is -2.07. The van der Waals surface area contributed by atoms with Crippen LogP contribution in [-0.2, 0) is 19.1 Å². The van der Waals surface area contributed by atoms with E-state index in [0.29, 0.717) is 0 Å². The van der Waals surface area contributed by atoms with Gasteiger partial charge in [0.25, 0.3) is 0 Å². The van der Waals surface area contributed by atoms with E-state index in [9.17, 15) is 14.4 Å². The van der Waals surface area contributed by atoms with E-state index in [0.717, 1.165) is 0 Å². The summed E-state index contributed by atoms with van der Waals surface area (Å²) in [4.78, 5) is 32.7. The van der Waals surface area contributed by atoms with Crippen LogP contribution in [0.25, 0.3) is 0 Å². The predicted octanol–water partition coefficient (Wildman–Crippen LogP) is 0.0867. The summed E-state index contributed by atoms with van der Waals surface area (Å²) in [6, 6.07) is 0. The van der Waals surface area contributed by atoms with E-state index in [-0.39, 0.29) is 24.1 Å². The fourth-order valence-corrected chi connectivity index (χ4v) is 0.843.